The van der Waals surface area contributed by atoms with Crippen molar-refractivity contribution in [2.45, 2.75) is 13.0 Å². The molecule has 0 bridgehead atoms. The molecular formula is C22H24Cl2N5OP. The molecule has 2 N–H and O–H groups in total. The fourth-order valence-corrected chi connectivity index (χ4v) is 5.16. The van der Waals surface area contributed by atoms with Crippen molar-refractivity contribution in [2.24, 2.45) is 0 Å². The van der Waals surface area contributed by atoms with Gasteiger partial charge in [0.25, 0.3) is 0 Å². The molecule has 0 radical (unpaired) electrons. The van der Waals surface area contributed by atoms with Gasteiger partial charge < -0.3 is 20.1 Å². The first kappa shape index (κ1) is 22.1. The van der Waals surface area contributed by atoms with Crippen molar-refractivity contribution in [1.29, 1.82) is 0 Å². The summed E-state index contributed by atoms with van der Waals surface area (Å²) in [4.78, 5) is 11.1. The summed E-state index contributed by atoms with van der Waals surface area (Å²) in [5.74, 6) is 0.792. The highest BCUT2D eigenvalue weighted by Gasteiger charge is 2.18. The zero-order valence-corrected chi connectivity index (χ0v) is 20.0. The fourth-order valence-electron chi connectivity index (χ4n) is 3.63. The van der Waals surface area contributed by atoms with Crippen LogP contribution in [0.4, 0.5) is 23.1 Å². The highest BCUT2D eigenvalue weighted by atomic mass is 35.5. The number of fused-ring (bicyclic) bond motifs is 1. The summed E-state index contributed by atoms with van der Waals surface area (Å²) in [5, 5.41) is 8.14. The molecule has 3 aromatic rings. The predicted octanol–water partition coefficient (Wildman–Crippen LogP) is 5.51. The number of likely N-dealkylation sites (N-methyl/N-ethyl adjacent to an activating group) is 1. The summed E-state index contributed by atoms with van der Waals surface area (Å²) in [7, 11) is -0.378. The van der Waals surface area contributed by atoms with Gasteiger partial charge in [0.2, 0.25) is 5.95 Å². The summed E-state index contributed by atoms with van der Waals surface area (Å²) < 4.78 is 12.7. The Balaban J connectivity index is 1.63. The van der Waals surface area contributed by atoms with Crippen LogP contribution in [-0.2, 0) is 17.5 Å². The lowest BCUT2D eigenvalue weighted by Gasteiger charge is -2.26. The Kier molecular flexibility index (Phi) is 6.27. The SMILES string of the molecule is CN1CCc2cc(Cl)c(Nc3ncc(Cl)c(Nc4ccccc4P(C)(C)=O)n3)cc2C1. The van der Waals surface area contributed by atoms with Crippen LogP contribution in [0.3, 0.4) is 0 Å². The number of anilines is 4. The lowest BCUT2D eigenvalue weighted by Crippen LogP contribution is -2.26. The first-order valence-electron chi connectivity index (χ1n) is 9.92. The number of rotatable bonds is 5. The van der Waals surface area contributed by atoms with Gasteiger partial charge in [-0.25, -0.2) is 4.98 Å². The molecule has 0 unspecified atom stereocenters. The van der Waals surface area contributed by atoms with E-state index in [4.69, 9.17) is 23.2 Å². The van der Waals surface area contributed by atoms with E-state index in [0.29, 0.717) is 27.5 Å². The maximum Gasteiger partial charge on any atom is 0.229 e. The van der Waals surface area contributed by atoms with Crippen molar-refractivity contribution in [1.82, 2.24) is 14.9 Å². The molecule has 2 heterocycles. The minimum absolute atomic E-state index is 0.362. The maximum atomic E-state index is 12.7. The quantitative estimate of drug-likeness (QED) is 0.474. The second-order valence-corrected chi connectivity index (χ2v) is 12.1. The molecule has 9 heteroatoms. The van der Waals surface area contributed by atoms with E-state index < -0.39 is 7.14 Å². The van der Waals surface area contributed by atoms with E-state index >= 15 is 0 Å². The van der Waals surface area contributed by atoms with Crippen molar-refractivity contribution in [2.75, 3.05) is 37.6 Å². The van der Waals surface area contributed by atoms with E-state index in [1.807, 2.05) is 30.3 Å². The molecule has 0 amide bonds. The Labute approximate surface area is 192 Å². The topological polar surface area (TPSA) is 70.2 Å². The third-order valence-electron chi connectivity index (χ3n) is 5.22. The van der Waals surface area contributed by atoms with Crippen LogP contribution in [0.2, 0.25) is 10.0 Å². The Morgan fingerprint density at radius 2 is 1.81 bits per heavy atom. The number of hydrogen-bond acceptors (Lipinski definition) is 6. The molecule has 4 rings (SSSR count). The number of para-hydroxylation sites is 1. The van der Waals surface area contributed by atoms with Crippen molar-refractivity contribution in [3.8, 4) is 0 Å². The van der Waals surface area contributed by atoms with Gasteiger partial charge in [0.15, 0.2) is 5.82 Å². The second kappa shape index (κ2) is 8.79. The van der Waals surface area contributed by atoms with Crippen molar-refractivity contribution < 1.29 is 4.57 Å². The van der Waals surface area contributed by atoms with E-state index in [-0.39, 0.29) is 0 Å². The average Bonchev–Trinajstić information content (AvgIpc) is 2.71. The molecule has 0 saturated heterocycles. The maximum absolute atomic E-state index is 12.7. The van der Waals surface area contributed by atoms with E-state index in [2.05, 4.69) is 38.6 Å². The minimum atomic E-state index is -2.48. The van der Waals surface area contributed by atoms with Crippen molar-refractivity contribution in [3.05, 3.63) is 63.8 Å². The first-order chi connectivity index (χ1) is 14.7. The van der Waals surface area contributed by atoms with E-state index in [1.165, 1.54) is 17.3 Å². The second-order valence-electron chi connectivity index (χ2n) is 8.10. The molecule has 0 saturated carbocycles. The number of nitrogens with one attached hydrogen (secondary N) is 2. The Hall–Kier alpha value is -2.11. The monoisotopic (exact) mass is 475 g/mol. The van der Waals surface area contributed by atoms with E-state index in [1.54, 1.807) is 13.3 Å². The van der Waals surface area contributed by atoms with Gasteiger partial charge in [0.1, 0.15) is 12.2 Å². The summed E-state index contributed by atoms with van der Waals surface area (Å²) in [6.07, 6.45) is 2.51. The molecule has 0 fully saturated rings. The lowest BCUT2D eigenvalue weighted by atomic mass is 9.99. The van der Waals surface area contributed by atoms with Crippen LogP contribution < -0.4 is 15.9 Å². The number of hydrogen-bond donors (Lipinski definition) is 2. The zero-order valence-electron chi connectivity index (χ0n) is 17.6. The predicted molar refractivity (Wildman–Crippen MR) is 131 cm³/mol. The van der Waals surface area contributed by atoms with Crippen LogP contribution in [0.25, 0.3) is 0 Å². The van der Waals surface area contributed by atoms with Gasteiger partial charge in [0.05, 0.1) is 22.6 Å². The molecule has 31 heavy (non-hydrogen) atoms. The highest BCUT2D eigenvalue weighted by molar-refractivity contribution is 7.70. The fraction of sp³-hybridized carbons (Fsp3) is 0.273. The van der Waals surface area contributed by atoms with Gasteiger partial charge in [-0.2, -0.15) is 4.98 Å². The van der Waals surface area contributed by atoms with Gasteiger partial charge >= 0.3 is 0 Å². The molecule has 1 aliphatic rings. The molecule has 0 aliphatic carbocycles. The molecule has 1 aromatic heterocycles. The molecule has 0 spiro atoms. The normalized spacial score (nSPS) is 14.2. The average molecular weight is 476 g/mol. The summed E-state index contributed by atoms with van der Waals surface area (Å²) in [6, 6.07) is 11.5. The van der Waals surface area contributed by atoms with Gasteiger partial charge in [-0.1, -0.05) is 35.3 Å². The van der Waals surface area contributed by atoms with E-state index in [0.717, 1.165) is 30.5 Å². The summed E-state index contributed by atoms with van der Waals surface area (Å²) >= 11 is 12.9. The molecule has 6 nitrogen and oxygen atoms in total. The number of aromatic nitrogens is 2. The standard InChI is InChI=1S/C22H24Cl2N5OP/c1-29-9-8-14-10-16(23)19(11-15(14)13-29)27-22-25-12-17(24)21(28-22)26-18-6-4-5-7-20(18)31(2,3)30/h4-7,10-12H,8-9,13H2,1-3H3,(H2,25,26,27,28). The molecule has 0 atom stereocenters. The Bertz CT molecular complexity index is 1180. The minimum Gasteiger partial charge on any atom is -0.338 e. The number of nitrogens with zero attached hydrogens (tertiary/aromatic N) is 3. The van der Waals surface area contributed by atoms with Crippen molar-refractivity contribution >= 4 is 58.8 Å². The summed E-state index contributed by atoms with van der Waals surface area (Å²) in [6.45, 7) is 5.37. The largest absolute Gasteiger partial charge is 0.338 e. The Morgan fingerprint density at radius 3 is 2.58 bits per heavy atom. The molecule has 2 aromatic carbocycles. The van der Waals surface area contributed by atoms with Gasteiger partial charge in [-0.15, -0.1) is 0 Å². The third kappa shape index (κ3) is 5.04. The van der Waals surface area contributed by atoms with Gasteiger partial charge in [0, 0.05) is 18.4 Å². The van der Waals surface area contributed by atoms with Crippen LogP contribution in [0.1, 0.15) is 11.1 Å². The smallest absolute Gasteiger partial charge is 0.229 e. The van der Waals surface area contributed by atoms with Gasteiger partial charge in [-0.05, 0) is 62.2 Å². The van der Waals surface area contributed by atoms with Crippen LogP contribution in [0, 0.1) is 0 Å². The zero-order chi connectivity index (χ0) is 22.2. The third-order valence-corrected chi connectivity index (χ3v) is 7.36. The van der Waals surface area contributed by atoms with Crippen LogP contribution in [0.15, 0.2) is 42.6 Å². The van der Waals surface area contributed by atoms with Gasteiger partial charge in [-0.3, -0.25) is 0 Å². The number of benzene rings is 2. The Morgan fingerprint density at radius 1 is 1.03 bits per heavy atom. The van der Waals surface area contributed by atoms with E-state index in [9.17, 15) is 4.57 Å². The van der Waals surface area contributed by atoms with Crippen LogP contribution in [-0.4, -0.2) is 41.8 Å². The molecule has 1 aliphatic heterocycles. The van der Waals surface area contributed by atoms with Crippen LogP contribution >= 0.6 is 30.3 Å². The lowest BCUT2D eigenvalue weighted by molar-refractivity contribution is 0.313. The summed E-state index contributed by atoms with van der Waals surface area (Å²) in [5.41, 5.74) is 3.96. The first-order valence-corrected chi connectivity index (χ1v) is 13.3. The van der Waals surface area contributed by atoms with Crippen LogP contribution in [0.5, 0.6) is 0 Å². The number of halogens is 2. The highest BCUT2D eigenvalue weighted by Crippen LogP contribution is 2.39. The molecular weight excluding hydrogens is 452 g/mol. The van der Waals surface area contributed by atoms with Crippen molar-refractivity contribution in [3.63, 3.8) is 0 Å². The molecule has 162 valence electrons.